The Hall–Kier alpha value is -3.20. The van der Waals surface area contributed by atoms with Gasteiger partial charge in [0, 0.05) is 38.1 Å². The second-order valence-electron chi connectivity index (χ2n) is 9.36. The number of aromatic nitrogens is 1. The first-order chi connectivity index (χ1) is 17.0. The molecule has 35 heavy (non-hydrogen) atoms. The summed E-state index contributed by atoms with van der Waals surface area (Å²) in [5, 5.41) is 9.56. The van der Waals surface area contributed by atoms with Gasteiger partial charge >= 0.3 is 0 Å². The Morgan fingerprint density at radius 3 is 2.51 bits per heavy atom. The lowest BCUT2D eigenvalue weighted by molar-refractivity contribution is -0.143. The number of ether oxygens (including phenoxy) is 1. The van der Waals surface area contributed by atoms with Gasteiger partial charge in [0.1, 0.15) is 11.8 Å². The molecule has 2 heterocycles. The Morgan fingerprint density at radius 1 is 1.09 bits per heavy atom. The van der Waals surface area contributed by atoms with Crippen molar-refractivity contribution in [3.8, 4) is 0 Å². The number of aryl methyl sites for hydroxylation is 1. The van der Waals surface area contributed by atoms with E-state index in [1.54, 1.807) is 17.9 Å². The summed E-state index contributed by atoms with van der Waals surface area (Å²) in [5.74, 6) is 0.113. The predicted molar refractivity (Wildman–Crippen MR) is 129 cm³/mol. The Bertz CT molecular complexity index is 996. The van der Waals surface area contributed by atoms with Crippen LogP contribution in [0.15, 0.2) is 40.9 Å². The standard InChI is InChI=1S/C26H34N4O5/c1-18-16-22(29-35-18)28-23(31)13-14-24(32)30(17-21-12-7-15-34-21)25(19-8-3-2-4-9-19)26(33)27-20-10-5-6-11-20/h2-4,8-9,16,20-21,25H,5-7,10-15,17H2,1H3,(H,27,33)(H,28,29,31)/t21-,25-/m0/s1. The summed E-state index contributed by atoms with van der Waals surface area (Å²) in [4.78, 5) is 41.1. The van der Waals surface area contributed by atoms with E-state index in [0.717, 1.165) is 44.1 Å². The van der Waals surface area contributed by atoms with E-state index < -0.39 is 6.04 Å². The average Bonchev–Trinajstić information content (AvgIpc) is 3.62. The number of nitrogens with one attached hydrogen (secondary N) is 2. The molecule has 3 amide bonds. The third-order valence-corrected chi connectivity index (χ3v) is 6.58. The summed E-state index contributed by atoms with van der Waals surface area (Å²) in [6.07, 6.45) is 5.67. The van der Waals surface area contributed by atoms with E-state index in [1.165, 1.54) is 0 Å². The van der Waals surface area contributed by atoms with Gasteiger partial charge in [-0.2, -0.15) is 0 Å². The van der Waals surface area contributed by atoms with Gasteiger partial charge in [0.05, 0.1) is 6.10 Å². The molecule has 1 saturated carbocycles. The van der Waals surface area contributed by atoms with Crippen molar-refractivity contribution in [3.63, 3.8) is 0 Å². The Morgan fingerprint density at radius 2 is 1.86 bits per heavy atom. The van der Waals surface area contributed by atoms with E-state index in [-0.39, 0.29) is 42.7 Å². The van der Waals surface area contributed by atoms with Gasteiger partial charge in [0.2, 0.25) is 17.7 Å². The summed E-state index contributed by atoms with van der Waals surface area (Å²) in [6, 6.07) is 10.3. The Labute approximate surface area is 205 Å². The molecular weight excluding hydrogens is 448 g/mol. The van der Waals surface area contributed by atoms with E-state index in [2.05, 4.69) is 15.8 Å². The van der Waals surface area contributed by atoms with Crippen LogP contribution in [-0.2, 0) is 19.1 Å². The third-order valence-electron chi connectivity index (χ3n) is 6.58. The summed E-state index contributed by atoms with van der Waals surface area (Å²) in [7, 11) is 0. The SMILES string of the molecule is Cc1cc(NC(=O)CCC(=O)N(C[C@@H]2CCCO2)[C@H](C(=O)NC2CCCC2)c2ccccc2)no1. The van der Waals surface area contributed by atoms with Gasteiger partial charge in [-0.1, -0.05) is 48.3 Å². The van der Waals surface area contributed by atoms with E-state index in [0.29, 0.717) is 24.7 Å². The molecule has 1 aliphatic carbocycles. The number of hydrogen-bond donors (Lipinski definition) is 2. The van der Waals surface area contributed by atoms with Crippen molar-refractivity contribution in [2.45, 2.75) is 76.5 Å². The molecule has 0 unspecified atom stereocenters. The zero-order valence-electron chi connectivity index (χ0n) is 20.2. The van der Waals surface area contributed by atoms with E-state index >= 15 is 0 Å². The number of benzene rings is 1. The first kappa shape index (κ1) is 24.9. The normalized spacial score (nSPS) is 18.8. The van der Waals surface area contributed by atoms with Crippen LogP contribution in [0.5, 0.6) is 0 Å². The number of nitrogens with zero attached hydrogens (tertiary/aromatic N) is 2. The molecule has 2 fully saturated rings. The molecule has 0 bridgehead atoms. The fraction of sp³-hybridized carbons (Fsp3) is 0.538. The van der Waals surface area contributed by atoms with Crippen molar-refractivity contribution in [3.05, 3.63) is 47.7 Å². The van der Waals surface area contributed by atoms with Crippen LogP contribution in [0.1, 0.15) is 68.7 Å². The molecule has 4 rings (SSSR count). The van der Waals surface area contributed by atoms with Crippen LogP contribution >= 0.6 is 0 Å². The van der Waals surface area contributed by atoms with Crippen molar-refractivity contribution >= 4 is 23.5 Å². The first-order valence-electron chi connectivity index (χ1n) is 12.5. The molecule has 2 aromatic rings. The molecule has 0 radical (unpaired) electrons. The molecule has 9 heteroatoms. The van der Waals surface area contributed by atoms with Crippen LogP contribution < -0.4 is 10.6 Å². The predicted octanol–water partition coefficient (Wildman–Crippen LogP) is 3.51. The highest BCUT2D eigenvalue weighted by molar-refractivity contribution is 5.94. The topological polar surface area (TPSA) is 114 Å². The van der Waals surface area contributed by atoms with Crippen LogP contribution in [0.2, 0.25) is 0 Å². The van der Waals surface area contributed by atoms with Gasteiger partial charge in [-0.3, -0.25) is 14.4 Å². The lowest BCUT2D eigenvalue weighted by Gasteiger charge is -2.34. The highest BCUT2D eigenvalue weighted by Crippen LogP contribution is 2.27. The summed E-state index contributed by atoms with van der Waals surface area (Å²) in [6.45, 7) is 2.69. The van der Waals surface area contributed by atoms with Crippen molar-refractivity contribution in [1.29, 1.82) is 0 Å². The van der Waals surface area contributed by atoms with Gasteiger partial charge in [-0.15, -0.1) is 0 Å². The summed E-state index contributed by atoms with van der Waals surface area (Å²) in [5.41, 5.74) is 0.747. The van der Waals surface area contributed by atoms with Crippen molar-refractivity contribution in [2.24, 2.45) is 0 Å². The molecule has 0 spiro atoms. The lowest BCUT2D eigenvalue weighted by atomic mass is 10.0. The minimum Gasteiger partial charge on any atom is -0.376 e. The van der Waals surface area contributed by atoms with E-state index in [1.807, 2.05) is 30.3 Å². The van der Waals surface area contributed by atoms with Gasteiger partial charge < -0.3 is 24.8 Å². The van der Waals surface area contributed by atoms with Gasteiger partial charge in [-0.05, 0) is 38.2 Å². The third kappa shape index (κ3) is 6.91. The quantitative estimate of drug-likeness (QED) is 0.536. The zero-order chi connectivity index (χ0) is 24.6. The molecule has 2 N–H and O–H groups in total. The molecule has 1 aromatic heterocycles. The van der Waals surface area contributed by atoms with E-state index in [9.17, 15) is 14.4 Å². The van der Waals surface area contributed by atoms with Crippen molar-refractivity contribution in [2.75, 3.05) is 18.5 Å². The number of amides is 3. The molecule has 188 valence electrons. The largest absolute Gasteiger partial charge is 0.376 e. The Kier molecular flexibility index (Phi) is 8.52. The molecule has 1 aromatic carbocycles. The first-order valence-corrected chi connectivity index (χ1v) is 12.5. The number of hydrogen-bond acceptors (Lipinski definition) is 6. The second-order valence-corrected chi connectivity index (χ2v) is 9.36. The highest BCUT2D eigenvalue weighted by atomic mass is 16.5. The van der Waals surface area contributed by atoms with Crippen LogP contribution in [0.25, 0.3) is 0 Å². The molecule has 1 aliphatic heterocycles. The highest BCUT2D eigenvalue weighted by Gasteiger charge is 2.35. The number of rotatable bonds is 10. The number of carbonyl (C=O) groups is 3. The minimum absolute atomic E-state index is 0.0292. The van der Waals surface area contributed by atoms with Crippen LogP contribution in [0.3, 0.4) is 0 Å². The zero-order valence-corrected chi connectivity index (χ0v) is 20.2. The smallest absolute Gasteiger partial charge is 0.247 e. The molecule has 2 atom stereocenters. The van der Waals surface area contributed by atoms with Crippen molar-refractivity contribution < 1.29 is 23.6 Å². The molecule has 2 aliphatic rings. The van der Waals surface area contributed by atoms with Gasteiger partial charge in [-0.25, -0.2) is 0 Å². The van der Waals surface area contributed by atoms with Gasteiger partial charge in [0.15, 0.2) is 5.82 Å². The minimum atomic E-state index is -0.783. The Balaban J connectivity index is 1.50. The monoisotopic (exact) mass is 482 g/mol. The molecule has 9 nitrogen and oxygen atoms in total. The summed E-state index contributed by atoms with van der Waals surface area (Å²) < 4.78 is 10.8. The maximum atomic E-state index is 13.6. The number of carbonyl (C=O) groups excluding carboxylic acids is 3. The number of anilines is 1. The van der Waals surface area contributed by atoms with Crippen LogP contribution in [0.4, 0.5) is 5.82 Å². The molecular formula is C26H34N4O5. The fourth-order valence-electron chi connectivity index (χ4n) is 4.81. The fourth-order valence-corrected chi connectivity index (χ4v) is 4.81. The average molecular weight is 483 g/mol. The van der Waals surface area contributed by atoms with Crippen molar-refractivity contribution in [1.82, 2.24) is 15.4 Å². The maximum Gasteiger partial charge on any atom is 0.247 e. The lowest BCUT2D eigenvalue weighted by Crippen LogP contribution is -2.48. The van der Waals surface area contributed by atoms with Crippen LogP contribution in [-0.4, -0.2) is 53.1 Å². The summed E-state index contributed by atoms with van der Waals surface area (Å²) >= 11 is 0. The van der Waals surface area contributed by atoms with E-state index in [4.69, 9.17) is 9.26 Å². The maximum absolute atomic E-state index is 13.6. The van der Waals surface area contributed by atoms with Gasteiger partial charge in [0.25, 0.3) is 0 Å². The van der Waals surface area contributed by atoms with Crippen LogP contribution in [0, 0.1) is 6.92 Å². The second kappa shape index (κ2) is 12.0. The molecule has 1 saturated heterocycles.